The Bertz CT molecular complexity index is 993. The summed E-state index contributed by atoms with van der Waals surface area (Å²) >= 11 is 0. The van der Waals surface area contributed by atoms with Crippen LogP contribution in [0.25, 0.3) is 0 Å². The molecule has 6 heteroatoms. The largest absolute Gasteiger partial charge is 0.462 e. The van der Waals surface area contributed by atoms with Gasteiger partial charge in [-0.2, -0.15) is 0 Å². The zero-order chi connectivity index (χ0) is 47.5. The highest BCUT2D eigenvalue weighted by atomic mass is 16.6. The average molecular weight is 920 g/mol. The molecule has 0 radical (unpaired) electrons. The molecule has 386 valence electrons. The second-order valence-electron chi connectivity index (χ2n) is 21.2. The van der Waals surface area contributed by atoms with Crippen LogP contribution in [0, 0.1) is 11.8 Å². The Morgan fingerprint density at radius 1 is 0.292 bits per heavy atom. The van der Waals surface area contributed by atoms with Crippen molar-refractivity contribution in [3.63, 3.8) is 0 Å². The van der Waals surface area contributed by atoms with Gasteiger partial charge in [0.05, 0.1) is 0 Å². The first-order valence-electron chi connectivity index (χ1n) is 29.2. The summed E-state index contributed by atoms with van der Waals surface area (Å²) in [6.07, 6.45) is 55.2. The van der Waals surface area contributed by atoms with Crippen LogP contribution in [-0.4, -0.2) is 37.2 Å². The van der Waals surface area contributed by atoms with Crippen LogP contribution in [0.15, 0.2) is 0 Å². The Labute approximate surface area is 406 Å². The van der Waals surface area contributed by atoms with E-state index in [1.807, 2.05) is 0 Å². The third-order valence-electron chi connectivity index (χ3n) is 13.5. The zero-order valence-corrected chi connectivity index (χ0v) is 44.6. The van der Waals surface area contributed by atoms with Gasteiger partial charge in [-0.3, -0.25) is 14.4 Å². The first-order valence-corrected chi connectivity index (χ1v) is 29.2. The third kappa shape index (κ3) is 53.2. The van der Waals surface area contributed by atoms with Gasteiger partial charge in [-0.25, -0.2) is 0 Å². The molecule has 0 fully saturated rings. The number of hydrogen-bond donors (Lipinski definition) is 0. The maximum absolute atomic E-state index is 12.9. The predicted molar refractivity (Wildman–Crippen MR) is 280 cm³/mol. The standard InChI is InChI=1S/C59H114O6/c1-6-7-8-9-10-11-12-13-14-15-16-17-20-24-31-36-41-46-51-59(62)65-56(53-64-58(61)50-45-40-35-30-26-25-28-33-38-43-48-55(4)5)52-63-57(60)49-44-39-34-29-23-21-18-19-22-27-32-37-42-47-54(2)3/h54-56H,6-53H2,1-5H3/t56-/m1/s1. The van der Waals surface area contributed by atoms with Gasteiger partial charge in [-0.15, -0.1) is 0 Å². The lowest BCUT2D eigenvalue weighted by atomic mass is 10.0. The minimum Gasteiger partial charge on any atom is -0.462 e. The Hall–Kier alpha value is -1.59. The fourth-order valence-electron chi connectivity index (χ4n) is 9.05. The van der Waals surface area contributed by atoms with Gasteiger partial charge in [0.1, 0.15) is 13.2 Å². The summed E-state index contributed by atoms with van der Waals surface area (Å²) in [5.41, 5.74) is 0. The average Bonchev–Trinajstić information content (AvgIpc) is 3.28. The lowest BCUT2D eigenvalue weighted by molar-refractivity contribution is -0.167. The molecule has 0 aromatic rings. The van der Waals surface area contributed by atoms with Crippen molar-refractivity contribution in [2.75, 3.05) is 13.2 Å². The molecule has 0 saturated carbocycles. The molecule has 0 rings (SSSR count). The van der Waals surface area contributed by atoms with Crippen LogP contribution in [0.1, 0.15) is 330 Å². The summed E-state index contributed by atoms with van der Waals surface area (Å²) in [5.74, 6) is 0.819. The number of unbranched alkanes of at least 4 members (excludes halogenated alkanes) is 38. The van der Waals surface area contributed by atoms with E-state index in [0.29, 0.717) is 19.3 Å². The fourth-order valence-corrected chi connectivity index (χ4v) is 9.05. The van der Waals surface area contributed by atoms with Crippen LogP contribution in [0.3, 0.4) is 0 Å². The van der Waals surface area contributed by atoms with Crippen molar-refractivity contribution in [2.45, 2.75) is 336 Å². The summed E-state index contributed by atoms with van der Waals surface area (Å²) in [5, 5.41) is 0. The van der Waals surface area contributed by atoms with Gasteiger partial charge in [0.25, 0.3) is 0 Å². The molecular weight excluding hydrogens is 805 g/mol. The number of rotatable bonds is 53. The van der Waals surface area contributed by atoms with E-state index in [9.17, 15) is 14.4 Å². The zero-order valence-electron chi connectivity index (χ0n) is 44.6. The van der Waals surface area contributed by atoms with Crippen molar-refractivity contribution in [2.24, 2.45) is 11.8 Å². The normalized spacial score (nSPS) is 12.0. The van der Waals surface area contributed by atoms with E-state index in [1.165, 1.54) is 218 Å². The van der Waals surface area contributed by atoms with Crippen molar-refractivity contribution in [3.05, 3.63) is 0 Å². The van der Waals surface area contributed by atoms with Crippen LogP contribution in [0.4, 0.5) is 0 Å². The minimum absolute atomic E-state index is 0.0628. The minimum atomic E-state index is -0.763. The second-order valence-corrected chi connectivity index (χ2v) is 21.2. The van der Waals surface area contributed by atoms with Crippen molar-refractivity contribution in [3.8, 4) is 0 Å². The van der Waals surface area contributed by atoms with E-state index in [0.717, 1.165) is 69.6 Å². The highest BCUT2D eigenvalue weighted by Crippen LogP contribution is 2.18. The molecule has 0 N–H and O–H groups in total. The molecule has 0 saturated heterocycles. The van der Waals surface area contributed by atoms with Crippen molar-refractivity contribution in [1.29, 1.82) is 0 Å². The Balaban J connectivity index is 4.29. The van der Waals surface area contributed by atoms with Crippen LogP contribution < -0.4 is 0 Å². The molecule has 65 heavy (non-hydrogen) atoms. The van der Waals surface area contributed by atoms with Gasteiger partial charge in [0.2, 0.25) is 0 Å². The van der Waals surface area contributed by atoms with Crippen LogP contribution in [0.2, 0.25) is 0 Å². The Kier molecular flexibility index (Phi) is 50.5. The molecule has 0 amide bonds. The molecule has 0 aliphatic carbocycles. The van der Waals surface area contributed by atoms with E-state index >= 15 is 0 Å². The molecule has 0 bridgehead atoms. The molecule has 6 nitrogen and oxygen atoms in total. The van der Waals surface area contributed by atoms with Gasteiger partial charge in [0, 0.05) is 19.3 Å². The van der Waals surface area contributed by atoms with Crippen molar-refractivity contribution < 1.29 is 28.6 Å². The highest BCUT2D eigenvalue weighted by Gasteiger charge is 2.19. The Morgan fingerprint density at radius 2 is 0.508 bits per heavy atom. The monoisotopic (exact) mass is 919 g/mol. The van der Waals surface area contributed by atoms with Crippen molar-refractivity contribution in [1.82, 2.24) is 0 Å². The van der Waals surface area contributed by atoms with Gasteiger partial charge < -0.3 is 14.2 Å². The van der Waals surface area contributed by atoms with Gasteiger partial charge in [-0.1, -0.05) is 291 Å². The maximum atomic E-state index is 12.9. The van der Waals surface area contributed by atoms with Crippen molar-refractivity contribution >= 4 is 17.9 Å². The SMILES string of the molecule is CCCCCCCCCCCCCCCCCCCCC(=O)O[C@H](COC(=O)CCCCCCCCCCCCCCCC(C)C)COC(=O)CCCCCCCCCCCCC(C)C. The molecule has 0 unspecified atom stereocenters. The number of carbonyl (C=O) groups excluding carboxylic acids is 3. The molecule has 0 aromatic carbocycles. The van der Waals surface area contributed by atoms with Crippen LogP contribution in [-0.2, 0) is 28.6 Å². The predicted octanol–water partition coefficient (Wildman–Crippen LogP) is 19.3. The van der Waals surface area contributed by atoms with Crippen LogP contribution >= 0.6 is 0 Å². The molecular formula is C59H114O6. The summed E-state index contributed by atoms with van der Waals surface area (Å²) < 4.78 is 16.9. The fraction of sp³-hybridized carbons (Fsp3) is 0.949. The molecule has 0 heterocycles. The van der Waals surface area contributed by atoms with E-state index < -0.39 is 6.10 Å². The molecule has 0 aromatic heterocycles. The number of esters is 3. The lowest BCUT2D eigenvalue weighted by Gasteiger charge is -2.18. The third-order valence-corrected chi connectivity index (χ3v) is 13.5. The molecule has 0 aliphatic heterocycles. The first-order chi connectivity index (χ1) is 31.7. The maximum Gasteiger partial charge on any atom is 0.306 e. The van der Waals surface area contributed by atoms with Gasteiger partial charge >= 0.3 is 17.9 Å². The summed E-state index contributed by atoms with van der Waals surface area (Å²) in [6.45, 7) is 11.4. The first kappa shape index (κ1) is 63.4. The second kappa shape index (κ2) is 51.8. The molecule has 0 aliphatic rings. The van der Waals surface area contributed by atoms with E-state index in [-0.39, 0.29) is 31.1 Å². The van der Waals surface area contributed by atoms with E-state index in [2.05, 4.69) is 34.6 Å². The van der Waals surface area contributed by atoms with Gasteiger partial charge in [0.15, 0.2) is 6.10 Å². The molecule has 0 spiro atoms. The number of hydrogen-bond acceptors (Lipinski definition) is 6. The number of ether oxygens (including phenoxy) is 3. The van der Waals surface area contributed by atoms with Gasteiger partial charge in [-0.05, 0) is 31.1 Å². The number of carbonyl (C=O) groups is 3. The highest BCUT2D eigenvalue weighted by molar-refractivity contribution is 5.71. The molecule has 1 atom stereocenters. The van der Waals surface area contributed by atoms with E-state index in [4.69, 9.17) is 14.2 Å². The summed E-state index contributed by atoms with van der Waals surface area (Å²) in [6, 6.07) is 0. The summed E-state index contributed by atoms with van der Waals surface area (Å²) in [4.78, 5) is 38.1. The quantitative estimate of drug-likeness (QED) is 0.0344. The Morgan fingerprint density at radius 3 is 0.754 bits per heavy atom. The summed E-state index contributed by atoms with van der Waals surface area (Å²) in [7, 11) is 0. The lowest BCUT2D eigenvalue weighted by Crippen LogP contribution is -2.30. The van der Waals surface area contributed by atoms with E-state index in [1.54, 1.807) is 0 Å². The smallest absolute Gasteiger partial charge is 0.306 e. The topological polar surface area (TPSA) is 78.9 Å². The van der Waals surface area contributed by atoms with Crippen LogP contribution in [0.5, 0.6) is 0 Å².